The molecule has 0 aliphatic carbocycles. The van der Waals surface area contributed by atoms with Gasteiger partial charge in [0.05, 0.1) is 0 Å². The van der Waals surface area contributed by atoms with Gasteiger partial charge in [0, 0.05) is 37.6 Å². The molecule has 4 rings (SSSR count). The molecule has 2 N–H and O–H groups in total. The molecule has 0 fully saturated rings. The Kier molecular flexibility index (Phi) is 4.70. The van der Waals surface area contributed by atoms with E-state index >= 15 is 0 Å². The molecule has 136 valence electrons. The van der Waals surface area contributed by atoms with Crippen molar-refractivity contribution < 1.29 is 4.79 Å². The number of nitrogens with zero attached hydrogens (tertiary/aromatic N) is 3. The highest BCUT2D eigenvalue weighted by atomic mass is 16.1. The van der Waals surface area contributed by atoms with Crippen LogP contribution in [0.2, 0.25) is 0 Å². The first-order chi connectivity index (χ1) is 13.2. The van der Waals surface area contributed by atoms with E-state index in [1.807, 2.05) is 30.3 Å². The fourth-order valence-electron chi connectivity index (χ4n) is 3.25. The molecule has 0 atom stereocenters. The summed E-state index contributed by atoms with van der Waals surface area (Å²) in [4.78, 5) is 22.4. The van der Waals surface area contributed by atoms with Crippen LogP contribution < -0.4 is 15.5 Å². The van der Waals surface area contributed by atoms with E-state index in [2.05, 4.69) is 49.8 Å². The van der Waals surface area contributed by atoms with Crippen molar-refractivity contribution >= 4 is 29.0 Å². The van der Waals surface area contributed by atoms with Crippen molar-refractivity contribution in [3.63, 3.8) is 0 Å². The summed E-state index contributed by atoms with van der Waals surface area (Å²) in [7, 11) is 0. The van der Waals surface area contributed by atoms with E-state index in [1.54, 1.807) is 6.20 Å². The maximum atomic E-state index is 11.1. The summed E-state index contributed by atoms with van der Waals surface area (Å²) in [6, 6.07) is 18.0. The van der Waals surface area contributed by atoms with E-state index in [0.717, 1.165) is 36.7 Å². The summed E-state index contributed by atoms with van der Waals surface area (Å²) in [5.74, 6) is 1.38. The number of carbonyl (C=O) groups is 1. The lowest BCUT2D eigenvalue weighted by Crippen LogP contribution is -2.31. The van der Waals surface area contributed by atoms with E-state index < -0.39 is 0 Å². The number of hydrogen-bond donors (Lipinski definition) is 2. The van der Waals surface area contributed by atoms with Gasteiger partial charge in [-0.15, -0.1) is 0 Å². The fraction of sp³-hybridized carbons (Fsp3) is 0.190. The number of fused-ring (bicyclic) bond motifs is 1. The highest BCUT2D eigenvalue weighted by Crippen LogP contribution is 2.24. The lowest BCUT2D eigenvalue weighted by atomic mass is 10.00. The van der Waals surface area contributed by atoms with Crippen molar-refractivity contribution in [2.45, 2.75) is 19.9 Å². The third kappa shape index (κ3) is 4.06. The molecule has 6 heteroatoms. The lowest BCUT2D eigenvalue weighted by molar-refractivity contribution is -0.114. The number of aromatic nitrogens is 2. The molecule has 0 radical (unpaired) electrons. The van der Waals surface area contributed by atoms with Crippen molar-refractivity contribution in [1.82, 2.24) is 9.97 Å². The maximum absolute atomic E-state index is 11.1. The third-order valence-corrected chi connectivity index (χ3v) is 4.56. The van der Waals surface area contributed by atoms with Gasteiger partial charge in [0.2, 0.25) is 11.9 Å². The zero-order valence-electron chi connectivity index (χ0n) is 15.1. The fourth-order valence-corrected chi connectivity index (χ4v) is 3.25. The molecule has 3 aromatic rings. The molecular formula is C21H21N5O. The van der Waals surface area contributed by atoms with Gasteiger partial charge in [-0.1, -0.05) is 24.3 Å². The Morgan fingerprint density at radius 3 is 2.52 bits per heavy atom. The van der Waals surface area contributed by atoms with E-state index in [1.165, 1.54) is 18.1 Å². The van der Waals surface area contributed by atoms with Gasteiger partial charge in [-0.3, -0.25) is 4.79 Å². The number of rotatable bonds is 4. The van der Waals surface area contributed by atoms with Crippen molar-refractivity contribution in [1.29, 1.82) is 0 Å². The van der Waals surface area contributed by atoms with Crippen LogP contribution in [0.15, 0.2) is 60.8 Å². The minimum Gasteiger partial charge on any atom is -0.352 e. The normalized spacial score (nSPS) is 13.0. The van der Waals surface area contributed by atoms with Crippen molar-refractivity contribution in [3.8, 4) is 0 Å². The second kappa shape index (κ2) is 7.45. The predicted molar refractivity (Wildman–Crippen MR) is 107 cm³/mol. The summed E-state index contributed by atoms with van der Waals surface area (Å²) in [6.45, 7) is 3.29. The number of benzene rings is 2. The first-order valence-corrected chi connectivity index (χ1v) is 8.97. The molecule has 27 heavy (non-hydrogen) atoms. The van der Waals surface area contributed by atoms with Crippen molar-refractivity contribution in [3.05, 3.63) is 71.9 Å². The van der Waals surface area contributed by atoms with E-state index in [0.29, 0.717) is 5.95 Å². The Morgan fingerprint density at radius 1 is 1.00 bits per heavy atom. The monoisotopic (exact) mass is 359 g/mol. The largest absolute Gasteiger partial charge is 0.352 e. The first-order valence-electron chi connectivity index (χ1n) is 8.97. The SMILES string of the molecule is CC(=O)Nc1ccc(Nc2nccc(N3CCc4ccccc4C3)n2)cc1. The smallest absolute Gasteiger partial charge is 0.229 e. The molecule has 6 nitrogen and oxygen atoms in total. The molecular weight excluding hydrogens is 338 g/mol. The molecule has 1 aromatic heterocycles. The first kappa shape index (κ1) is 17.0. The van der Waals surface area contributed by atoms with Gasteiger partial charge >= 0.3 is 0 Å². The van der Waals surface area contributed by atoms with Crippen LogP contribution in [0.5, 0.6) is 0 Å². The van der Waals surface area contributed by atoms with Gasteiger partial charge < -0.3 is 15.5 Å². The van der Waals surface area contributed by atoms with Gasteiger partial charge in [-0.05, 0) is 47.9 Å². The number of amides is 1. The number of nitrogens with one attached hydrogen (secondary N) is 2. The molecule has 2 aromatic carbocycles. The highest BCUT2D eigenvalue weighted by molar-refractivity contribution is 5.88. The average molecular weight is 359 g/mol. The zero-order chi connectivity index (χ0) is 18.6. The van der Waals surface area contributed by atoms with Crippen LogP contribution in [0.4, 0.5) is 23.1 Å². The molecule has 0 bridgehead atoms. The van der Waals surface area contributed by atoms with Crippen LogP contribution in [-0.4, -0.2) is 22.4 Å². The Bertz CT molecular complexity index is 955. The summed E-state index contributed by atoms with van der Waals surface area (Å²) in [5.41, 5.74) is 4.39. The van der Waals surface area contributed by atoms with Crippen LogP contribution in [0.25, 0.3) is 0 Å². The average Bonchev–Trinajstić information content (AvgIpc) is 2.69. The van der Waals surface area contributed by atoms with Crippen LogP contribution in [0.3, 0.4) is 0 Å². The summed E-state index contributed by atoms with van der Waals surface area (Å²) in [6.07, 6.45) is 2.80. The Morgan fingerprint density at radius 2 is 1.74 bits per heavy atom. The number of hydrogen-bond acceptors (Lipinski definition) is 5. The van der Waals surface area contributed by atoms with Crippen LogP contribution in [0.1, 0.15) is 18.1 Å². The molecule has 1 aliphatic heterocycles. The highest BCUT2D eigenvalue weighted by Gasteiger charge is 2.17. The van der Waals surface area contributed by atoms with Gasteiger partial charge in [0.25, 0.3) is 0 Å². The van der Waals surface area contributed by atoms with Crippen LogP contribution in [-0.2, 0) is 17.8 Å². The zero-order valence-corrected chi connectivity index (χ0v) is 15.1. The minimum absolute atomic E-state index is 0.0881. The second-order valence-electron chi connectivity index (χ2n) is 6.56. The predicted octanol–water partition coefficient (Wildman–Crippen LogP) is 3.74. The van der Waals surface area contributed by atoms with Crippen molar-refractivity contribution in [2.75, 3.05) is 22.1 Å². The van der Waals surface area contributed by atoms with Crippen LogP contribution in [0, 0.1) is 0 Å². The van der Waals surface area contributed by atoms with Crippen molar-refractivity contribution in [2.24, 2.45) is 0 Å². The maximum Gasteiger partial charge on any atom is 0.229 e. The molecule has 0 saturated carbocycles. The minimum atomic E-state index is -0.0881. The van der Waals surface area contributed by atoms with Gasteiger partial charge in [-0.25, -0.2) is 4.98 Å². The molecule has 2 heterocycles. The topological polar surface area (TPSA) is 70.2 Å². The summed E-state index contributed by atoms with van der Waals surface area (Å²) in [5, 5.41) is 5.97. The summed E-state index contributed by atoms with van der Waals surface area (Å²) < 4.78 is 0. The Balaban J connectivity index is 1.47. The quantitative estimate of drug-likeness (QED) is 0.743. The molecule has 0 spiro atoms. The molecule has 0 unspecified atom stereocenters. The van der Waals surface area contributed by atoms with Gasteiger partial charge in [-0.2, -0.15) is 4.98 Å². The van der Waals surface area contributed by atoms with E-state index in [4.69, 9.17) is 0 Å². The van der Waals surface area contributed by atoms with E-state index in [-0.39, 0.29) is 5.91 Å². The second-order valence-corrected chi connectivity index (χ2v) is 6.56. The Labute approximate surface area is 158 Å². The lowest BCUT2D eigenvalue weighted by Gasteiger charge is -2.29. The van der Waals surface area contributed by atoms with E-state index in [9.17, 15) is 4.79 Å². The third-order valence-electron chi connectivity index (χ3n) is 4.56. The van der Waals surface area contributed by atoms with Gasteiger partial charge in [0.15, 0.2) is 0 Å². The molecule has 1 amide bonds. The number of carbonyl (C=O) groups excluding carboxylic acids is 1. The molecule has 0 saturated heterocycles. The standard InChI is InChI=1S/C21H21N5O/c1-15(27)23-18-6-8-19(9-7-18)24-21-22-12-10-20(25-21)26-13-11-16-4-2-3-5-17(16)14-26/h2-10,12H,11,13-14H2,1H3,(H,23,27)(H,22,24,25). The van der Waals surface area contributed by atoms with Crippen LogP contribution >= 0.6 is 0 Å². The number of anilines is 4. The molecule has 1 aliphatic rings. The summed E-state index contributed by atoms with van der Waals surface area (Å²) >= 11 is 0. The Hall–Kier alpha value is -3.41. The van der Waals surface area contributed by atoms with Gasteiger partial charge in [0.1, 0.15) is 5.82 Å².